The van der Waals surface area contributed by atoms with Gasteiger partial charge in [0.25, 0.3) is 5.91 Å². The molecule has 2 aromatic rings. The molecule has 3 N–H and O–H groups in total. The summed E-state index contributed by atoms with van der Waals surface area (Å²) in [4.78, 5) is 19.9. The molecule has 0 spiro atoms. The topological polar surface area (TPSA) is 80.9 Å². The normalized spacial score (nSPS) is 10.2. The average molecular weight is 248 g/mol. The van der Waals surface area contributed by atoms with Crippen molar-refractivity contribution in [3.63, 3.8) is 0 Å². The molecule has 0 aliphatic rings. The van der Waals surface area contributed by atoms with Gasteiger partial charge in [-0.15, -0.1) is 11.3 Å². The zero-order chi connectivity index (χ0) is 12.3. The molecule has 0 atom stereocenters. The molecular weight excluding hydrogens is 236 g/mol. The molecule has 2 heterocycles. The first kappa shape index (κ1) is 11.5. The molecule has 88 valence electrons. The number of carbonyl (C=O) groups is 1. The molecule has 2 aromatic heterocycles. The Balaban J connectivity index is 2.04. The van der Waals surface area contributed by atoms with Gasteiger partial charge in [-0.1, -0.05) is 0 Å². The fourth-order valence-electron chi connectivity index (χ4n) is 1.42. The number of thiazole rings is 1. The summed E-state index contributed by atoms with van der Waals surface area (Å²) in [6.45, 7) is 2.23. The highest BCUT2D eigenvalue weighted by atomic mass is 32.1. The lowest BCUT2D eigenvalue weighted by Crippen LogP contribution is -2.23. The van der Waals surface area contributed by atoms with Crippen LogP contribution >= 0.6 is 11.3 Å². The zero-order valence-electron chi connectivity index (χ0n) is 9.30. The molecule has 0 fully saturated rings. The van der Waals surface area contributed by atoms with E-state index in [9.17, 15) is 4.79 Å². The van der Waals surface area contributed by atoms with E-state index in [1.165, 1.54) is 11.3 Å². The maximum absolute atomic E-state index is 11.8. The van der Waals surface area contributed by atoms with Crippen LogP contribution in [0, 0.1) is 6.92 Å². The monoisotopic (exact) mass is 248 g/mol. The summed E-state index contributed by atoms with van der Waals surface area (Å²) in [6, 6.07) is 3.26. The van der Waals surface area contributed by atoms with Crippen molar-refractivity contribution in [3.05, 3.63) is 40.0 Å². The minimum atomic E-state index is -0.169. The van der Waals surface area contributed by atoms with E-state index in [4.69, 9.17) is 5.73 Å². The van der Waals surface area contributed by atoms with Crippen LogP contribution in [0.5, 0.6) is 0 Å². The van der Waals surface area contributed by atoms with Crippen LogP contribution in [0.25, 0.3) is 0 Å². The van der Waals surface area contributed by atoms with Crippen molar-refractivity contribution in [2.24, 2.45) is 0 Å². The lowest BCUT2D eigenvalue weighted by Gasteiger charge is -2.04. The van der Waals surface area contributed by atoms with E-state index in [1.807, 2.05) is 5.38 Å². The lowest BCUT2D eigenvalue weighted by atomic mass is 10.2. The zero-order valence-corrected chi connectivity index (χ0v) is 10.1. The molecule has 0 aliphatic heterocycles. The van der Waals surface area contributed by atoms with Crippen molar-refractivity contribution in [2.75, 3.05) is 5.73 Å². The maximum Gasteiger partial charge on any atom is 0.251 e. The quantitative estimate of drug-likeness (QED) is 0.859. The van der Waals surface area contributed by atoms with E-state index in [1.54, 1.807) is 25.3 Å². The van der Waals surface area contributed by atoms with Crippen molar-refractivity contribution < 1.29 is 4.79 Å². The summed E-state index contributed by atoms with van der Waals surface area (Å²) in [5.74, 6) is 0.182. The third kappa shape index (κ3) is 3.01. The maximum atomic E-state index is 11.8. The van der Waals surface area contributed by atoms with E-state index in [2.05, 4.69) is 15.3 Å². The number of hydrogen-bond acceptors (Lipinski definition) is 5. The third-order valence-corrected chi connectivity index (χ3v) is 2.90. The number of amides is 1. The van der Waals surface area contributed by atoms with Gasteiger partial charge in [0, 0.05) is 22.8 Å². The highest BCUT2D eigenvalue weighted by molar-refractivity contribution is 7.09. The Morgan fingerprint density at radius 2 is 2.35 bits per heavy atom. The number of nitrogens with two attached hydrogens (primary N) is 1. The standard InChI is InChI=1S/C11H12N4OS/c1-7-4-8(5-9(12)15-7)11(16)14-6-10-13-2-3-17-10/h2-5H,6H2,1H3,(H2,12,15)(H,14,16). The molecule has 5 nitrogen and oxygen atoms in total. The second kappa shape index (κ2) is 4.92. The highest BCUT2D eigenvalue weighted by Gasteiger charge is 2.07. The molecule has 2 rings (SSSR count). The van der Waals surface area contributed by atoms with Gasteiger partial charge in [0.1, 0.15) is 10.8 Å². The Labute approximate surface area is 103 Å². The molecule has 0 bridgehead atoms. The van der Waals surface area contributed by atoms with E-state index in [0.717, 1.165) is 10.7 Å². The molecule has 0 radical (unpaired) electrons. The molecule has 0 aliphatic carbocycles. The first-order chi connectivity index (χ1) is 8.15. The Kier molecular flexibility index (Phi) is 3.34. The van der Waals surface area contributed by atoms with Crippen LogP contribution in [0.1, 0.15) is 21.1 Å². The van der Waals surface area contributed by atoms with Gasteiger partial charge in [0.15, 0.2) is 0 Å². The van der Waals surface area contributed by atoms with Gasteiger partial charge in [0.2, 0.25) is 0 Å². The second-order valence-electron chi connectivity index (χ2n) is 3.53. The number of carbonyl (C=O) groups excluding carboxylic acids is 1. The fraction of sp³-hybridized carbons (Fsp3) is 0.182. The molecule has 1 amide bonds. The van der Waals surface area contributed by atoms with Gasteiger partial charge in [-0.3, -0.25) is 4.79 Å². The fourth-order valence-corrected chi connectivity index (χ4v) is 1.98. The third-order valence-electron chi connectivity index (χ3n) is 2.12. The molecule has 17 heavy (non-hydrogen) atoms. The minimum absolute atomic E-state index is 0.169. The van der Waals surface area contributed by atoms with Crippen molar-refractivity contribution in [3.8, 4) is 0 Å². The number of nitrogen functional groups attached to an aromatic ring is 1. The molecular formula is C11H12N4OS. The first-order valence-corrected chi connectivity index (χ1v) is 5.94. The number of aryl methyl sites for hydroxylation is 1. The van der Waals surface area contributed by atoms with Gasteiger partial charge in [-0.05, 0) is 19.1 Å². The Morgan fingerprint density at radius 3 is 3.00 bits per heavy atom. The Bertz CT molecular complexity index is 504. The number of nitrogens with one attached hydrogen (secondary N) is 1. The number of pyridine rings is 1. The lowest BCUT2D eigenvalue weighted by molar-refractivity contribution is 0.0950. The number of rotatable bonds is 3. The van der Waals surface area contributed by atoms with E-state index >= 15 is 0 Å². The van der Waals surface area contributed by atoms with E-state index in [-0.39, 0.29) is 5.91 Å². The van der Waals surface area contributed by atoms with Crippen LogP contribution in [-0.4, -0.2) is 15.9 Å². The average Bonchev–Trinajstić information content (AvgIpc) is 2.77. The van der Waals surface area contributed by atoms with Gasteiger partial charge in [-0.2, -0.15) is 0 Å². The Hall–Kier alpha value is -1.95. The van der Waals surface area contributed by atoms with Crippen molar-refractivity contribution >= 4 is 23.1 Å². The van der Waals surface area contributed by atoms with Gasteiger partial charge in [-0.25, -0.2) is 9.97 Å². The SMILES string of the molecule is Cc1cc(C(=O)NCc2nccs2)cc(N)n1. The van der Waals surface area contributed by atoms with Crippen LogP contribution in [0.15, 0.2) is 23.7 Å². The molecule has 0 saturated heterocycles. The summed E-state index contributed by atoms with van der Waals surface area (Å²) in [5, 5.41) is 5.52. The van der Waals surface area contributed by atoms with Crippen molar-refractivity contribution in [1.82, 2.24) is 15.3 Å². The number of aromatic nitrogens is 2. The van der Waals surface area contributed by atoms with Gasteiger partial charge in [0.05, 0.1) is 6.54 Å². The molecule has 0 aromatic carbocycles. The number of anilines is 1. The molecule has 0 saturated carbocycles. The predicted molar refractivity (Wildman–Crippen MR) is 66.7 cm³/mol. The van der Waals surface area contributed by atoms with Crippen molar-refractivity contribution in [2.45, 2.75) is 13.5 Å². The number of hydrogen-bond donors (Lipinski definition) is 2. The summed E-state index contributed by atoms with van der Waals surface area (Å²) in [5.41, 5.74) is 6.83. The van der Waals surface area contributed by atoms with Gasteiger partial charge >= 0.3 is 0 Å². The van der Waals surface area contributed by atoms with Crippen LogP contribution in [0.3, 0.4) is 0 Å². The molecule has 0 unspecified atom stereocenters. The second-order valence-corrected chi connectivity index (χ2v) is 4.51. The highest BCUT2D eigenvalue weighted by Crippen LogP contribution is 2.08. The Morgan fingerprint density at radius 1 is 1.53 bits per heavy atom. The molecule has 6 heteroatoms. The summed E-state index contributed by atoms with van der Waals surface area (Å²) in [6.07, 6.45) is 1.71. The minimum Gasteiger partial charge on any atom is -0.384 e. The largest absolute Gasteiger partial charge is 0.384 e. The van der Waals surface area contributed by atoms with E-state index in [0.29, 0.717) is 17.9 Å². The first-order valence-electron chi connectivity index (χ1n) is 5.06. The smallest absolute Gasteiger partial charge is 0.251 e. The van der Waals surface area contributed by atoms with Crippen LogP contribution < -0.4 is 11.1 Å². The summed E-state index contributed by atoms with van der Waals surface area (Å²) >= 11 is 1.50. The van der Waals surface area contributed by atoms with E-state index < -0.39 is 0 Å². The number of nitrogens with zero attached hydrogens (tertiary/aromatic N) is 2. The van der Waals surface area contributed by atoms with Gasteiger partial charge < -0.3 is 11.1 Å². The van der Waals surface area contributed by atoms with Crippen molar-refractivity contribution in [1.29, 1.82) is 0 Å². The summed E-state index contributed by atoms with van der Waals surface area (Å²) < 4.78 is 0. The predicted octanol–water partition coefficient (Wildman–Crippen LogP) is 1.36. The summed E-state index contributed by atoms with van der Waals surface area (Å²) in [7, 11) is 0. The van der Waals surface area contributed by atoms with Crippen LogP contribution in [-0.2, 0) is 6.54 Å². The van der Waals surface area contributed by atoms with Crippen LogP contribution in [0.4, 0.5) is 5.82 Å². The van der Waals surface area contributed by atoms with Crippen LogP contribution in [0.2, 0.25) is 0 Å².